The first-order valence-corrected chi connectivity index (χ1v) is 6.40. The smallest absolute Gasteiger partial charge is 0.130 e. The molecule has 0 heterocycles. The maximum Gasteiger partial charge on any atom is 0.130 e. The minimum Gasteiger partial charge on any atom is -0.496 e. The van der Waals surface area contributed by atoms with Crippen LogP contribution in [0.4, 0.5) is 0 Å². The molecule has 0 spiro atoms. The van der Waals surface area contributed by atoms with Crippen LogP contribution >= 0.6 is 0 Å². The highest BCUT2D eigenvalue weighted by atomic mass is 16.5. The molecular formula is C16H19NO3. The summed E-state index contributed by atoms with van der Waals surface area (Å²) in [5, 5.41) is 0. The van der Waals surface area contributed by atoms with Crippen LogP contribution in [-0.4, -0.2) is 14.2 Å². The van der Waals surface area contributed by atoms with Gasteiger partial charge in [0, 0.05) is 24.2 Å². The third-order valence-electron chi connectivity index (χ3n) is 3.03. The van der Waals surface area contributed by atoms with E-state index in [1.807, 2.05) is 42.5 Å². The Hall–Kier alpha value is -2.20. The van der Waals surface area contributed by atoms with E-state index in [2.05, 4.69) is 0 Å². The number of methoxy groups -OCH3 is 2. The molecule has 0 aromatic heterocycles. The van der Waals surface area contributed by atoms with E-state index >= 15 is 0 Å². The molecule has 0 radical (unpaired) electrons. The van der Waals surface area contributed by atoms with E-state index in [0.717, 1.165) is 11.1 Å². The van der Waals surface area contributed by atoms with Crippen molar-refractivity contribution in [3.63, 3.8) is 0 Å². The molecule has 106 valence electrons. The number of nitrogens with two attached hydrogens (primary N) is 1. The van der Waals surface area contributed by atoms with Gasteiger partial charge in [0.25, 0.3) is 0 Å². The minimum atomic E-state index is 0.352. The molecule has 0 aliphatic carbocycles. The highest BCUT2D eigenvalue weighted by molar-refractivity contribution is 5.50. The van der Waals surface area contributed by atoms with Gasteiger partial charge in [-0.25, -0.2) is 0 Å². The Morgan fingerprint density at radius 1 is 0.950 bits per heavy atom. The molecule has 0 bridgehead atoms. The molecule has 2 N–H and O–H groups in total. The summed E-state index contributed by atoms with van der Waals surface area (Å²) < 4.78 is 16.4. The first-order chi connectivity index (χ1) is 9.78. The van der Waals surface area contributed by atoms with Gasteiger partial charge in [0.1, 0.15) is 23.9 Å². The van der Waals surface area contributed by atoms with E-state index < -0.39 is 0 Å². The van der Waals surface area contributed by atoms with Crippen molar-refractivity contribution in [2.45, 2.75) is 13.2 Å². The molecule has 0 saturated heterocycles. The Morgan fingerprint density at radius 2 is 1.55 bits per heavy atom. The molecule has 0 atom stereocenters. The quantitative estimate of drug-likeness (QED) is 0.879. The van der Waals surface area contributed by atoms with Gasteiger partial charge < -0.3 is 19.9 Å². The lowest BCUT2D eigenvalue weighted by atomic mass is 10.1. The summed E-state index contributed by atoms with van der Waals surface area (Å²) in [7, 11) is 3.21. The first kappa shape index (κ1) is 14.2. The van der Waals surface area contributed by atoms with Crippen LogP contribution in [-0.2, 0) is 13.2 Å². The molecule has 4 nitrogen and oxygen atoms in total. The SMILES string of the molecule is COc1cc(OCc2ccccc2)cc(OC)c1CN. The Bertz CT molecular complexity index is 530. The number of rotatable bonds is 6. The summed E-state index contributed by atoms with van der Waals surface area (Å²) >= 11 is 0. The zero-order valence-corrected chi connectivity index (χ0v) is 11.8. The van der Waals surface area contributed by atoms with Crippen molar-refractivity contribution in [3.8, 4) is 17.2 Å². The molecule has 2 aromatic carbocycles. The van der Waals surface area contributed by atoms with Gasteiger partial charge in [-0.3, -0.25) is 0 Å². The Balaban J connectivity index is 2.19. The number of hydrogen-bond donors (Lipinski definition) is 1. The van der Waals surface area contributed by atoms with Gasteiger partial charge in [0.05, 0.1) is 14.2 Å². The predicted molar refractivity (Wildman–Crippen MR) is 78.2 cm³/mol. The van der Waals surface area contributed by atoms with Gasteiger partial charge in [-0.1, -0.05) is 30.3 Å². The largest absolute Gasteiger partial charge is 0.496 e. The second-order valence-corrected chi connectivity index (χ2v) is 4.28. The Labute approximate surface area is 119 Å². The molecule has 2 rings (SSSR count). The number of hydrogen-bond acceptors (Lipinski definition) is 4. The van der Waals surface area contributed by atoms with Crippen LogP contribution in [0.5, 0.6) is 17.2 Å². The summed E-state index contributed by atoms with van der Waals surface area (Å²) in [4.78, 5) is 0. The summed E-state index contributed by atoms with van der Waals surface area (Å²) in [6, 6.07) is 13.6. The lowest BCUT2D eigenvalue weighted by Crippen LogP contribution is -2.04. The van der Waals surface area contributed by atoms with Gasteiger partial charge in [0.15, 0.2) is 0 Å². The zero-order chi connectivity index (χ0) is 14.4. The lowest BCUT2D eigenvalue weighted by Gasteiger charge is -2.14. The second kappa shape index (κ2) is 6.82. The molecule has 2 aromatic rings. The first-order valence-electron chi connectivity index (χ1n) is 6.40. The highest BCUT2D eigenvalue weighted by Crippen LogP contribution is 2.33. The van der Waals surface area contributed by atoms with Crippen molar-refractivity contribution in [1.29, 1.82) is 0 Å². The van der Waals surface area contributed by atoms with Crippen molar-refractivity contribution in [2.75, 3.05) is 14.2 Å². The average molecular weight is 273 g/mol. The van der Waals surface area contributed by atoms with E-state index in [9.17, 15) is 0 Å². The van der Waals surface area contributed by atoms with E-state index in [-0.39, 0.29) is 0 Å². The monoisotopic (exact) mass is 273 g/mol. The van der Waals surface area contributed by atoms with E-state index in [1.54, 1.807) is 14.2 Å². The standard InChI is InChI=1S/C16H19NO3/c1-18-15-8-13(9-16(19-2)14(15)10-17)20-11-12-6-4-3-5-7-12/h3-9H,10-11,17H2,1-2H3. The Kier molecular flexibility index (Phi) is 4.85. The number of ether oxygens (including phenoxy) is 3. The van der Waals surface area contributed by atoms with Gasteiger partial charge in [0.2, 0.25) is 0 Å². The third-order valence-corrected chi connectivity index (χ3v) is 3.03. The third kappa shape index (κ3) is 3.22. The molecule has 0 saturated carbocycles. The Morgan fingerprint density at radius 3 is 2.05 bits per heavy atom. The van der Waals surface area contributed by atoms with E-state index in [1.165, 1.54) is 0 Å². The summed E-state index contributed by atoms with van der Waals surface area (Å²) in [6.07, 6.45) is 0. The fourth-order valence-electron chi connectivity index (χ4n) is 1.99. The molecule has 4 heteroatoms. The van der Waals surface area contributed by atoms with Crippen molar-refractivity contribution in [1.82, 2.24) is 0 Å². The minimum absolute atomic E-state index is 0.352. The van der Waals surface area contributed by atoms with Crippen LogP contribution in [0.1, 0.15) is 11.1 Å². The van der Waals surface area contributed by atoms with Crippen LogP contribution in [0.25, 0.3) is 0 Å². The highest BCUT2D eigenvalue weighted by Gasteiger charge is 2.11. The van der Waals surface area contributed by atoms with E-state index in [4.69, 9.17) is 19.9 Å². The fourth-order valence-corrected chi connectivity index (χ4v) is 1.99. The zero-order valence-electron chi connectivity index (χ0n) is 11.8. The van der Waals surface area contributed by atoms with Gasteiger partial charge in [-0.05, 0) is 5.56 Å². The number of benzene rings is 2. The maximum absolute atomic E-state index is 5.78. The van der Waals surface area contributed by atoms with Crippen molar-refractivity contribution >= 4 is 0 Å². The summed E-state index contributed by atoms with van der Waals surface area (Å²) in [6.45, 7) is 0.848. The molecule has 0 fully saturated rings. The van der Waals surface area contributed by atoms with Crippen molar-refractivity contribution in [2.24, 2.45) is 5.73 Å². The maximum atomic E-state index is 5.78. The van der Waals surface area contributed by atoms with Crippen LogP contribution in [0.15, 0.2) is 42.5 Å². The van der Waals surface area contributed by atoms with Crippen LogP contribution in [0, 0.1) is 0 Å². The molecule has 20 heavy (non-hydrogen) atoms. The van der Waals surface area contributed by atoms with E-state index in [0.29, 0.717) is 30.4 Å². The summed E-state index contributed by atoms with van der Waals surface area (Å²) in [5.41, 5.74) is 7.66. The van der Waals surface area contributed by atoms with Crippen molar-refractivity contribution < 1.29 is 14.2 Å². The van der Waals surface area contributed by atoms with Crippen LogP contribution < -0.4 is 19.9 Å². The van der Waals surface area contributed by atoms with Crippen LogP contribution in [0.3, 0.4) is 0 Å². The van der Waals surface area contributed by atoms with Crippen molar-refractivity contribution in [3.05, 3.63) is 53.6 Å². The molecule has 0 amide bonds. The van der Waals surface area contributed by atoms with Crippen LogP contribution in [0.2, 0.25) is 0 Å². The normalized spacial score (nSPS) is 10.2. The second-order valence-electron chi connectivity index (χ2n) is 4.28. The topological polar surface area (TPSA) is 53.7 Å². The molecule has 0 aliphatic rings. The molecule has 0 unspecified atom stereocenters. The van der Waals surface area contributed by atoms with Gasteiger partial charge in [-0.15, -0.1) is 0 Å². The predicted octanol–water partition coefficient (Wildman–Crippen LogP) is 2.74. The average Bonchev–Trinajstić information content (AvgIpc) is 2.52. The van der Waals surface area contributed by atoms with Gasteiger partial charge in [-0.2, -0.15) is 0 Å². The molecular weight excluding hydrogens is 254 g/mol. The molecule has 0 aliphatic heterocycles. The lowest BCUT2D eigenvalue weighted by molar-refractivity contribution is 0.299. The summed E-state index contributed by atoms with van der Waals surface area (Å²) in [5.74, 6) is 2.05. The van der Waals surface area contributed by atoms with Gasteiger partial charge >= 0.3 is 0 Å². The fraction of sp³-hybridized carbons (Fsp3) is 0.250.